The second-order valence-corrected chi connectivity index (χ2v) is 18.2. The molecule has 0 saturated heterocycles. The van der Waals surface area contributed by atoms with Crippen molar-refractivity contribution in [3.8, 4) is 0 Å². The van der Waals surface area contributed by atoms with E-state index in [-0.39, 0.29) is 0 Å². The average Bonchev–Trinajstić information content (AvgIpc) is 3.05. The first-order valence-corrected chi connectivity index (χ1v) is 15.9. The minimum absolute atomic E-state index is 1.18. The summed E-state index contributed by atoms with van der Waals surface area (Å²) in [5, 5.41) is 6.46. The van der Waals surface area contributed by atoms with E-state index in [1.165, 1.54) is 21.0 Å². The minimum atomic E-state index is -1.84. The molecule has 2 heterocycles. The number of pyridine rings is 1. The van der Waals surface area contributed by atoms with Crippen molar-refractivity contribution in [3.63, 3.8) is 0 Å². The minimum Gasteiger partial charge on any atom is -0.256 e. The molecule has 3 rings (SSSR count). The van der Waals surface area contributed by atoms with E-state index in [9.17, 15) is 0 Å². The molecular formula is C20H25NSSi2. The number of benzene rings is 1. The third kappa shape index (κ3) is 3.46. The summed E-state index contributed by atoms with van der Waals surface area (Å²) in [6.07, 6.45) is 1.92. The van der Waals surface area contributed by atoms with Crippen molar-refractivity contribution < 1.29 is 0 Å². The zero-order valence-corrected chi connectivity index (χ0v) is 17.9. The van der Waals surface area contributed by atoms with Gasteiger partial charge in [-0.2, -0.15) is 0 Å². The van der Waals surface area contributed by atoms with Crippen molar-refractivity contribution in [2.24, 2.45) is 0 Å². The molecule has 3 aromatic rings. The molecule has 0 bridgehead atoms. The van der Waals surface area contributed by atoms with Gasteiger partial charge in [0.2, 0.25) is 0 Å². The molecule has 0 radical (unpaired) electrons. The van der Waals surface area contributed by atoms with Gasteiger partial charge in [-0.1, -0.05) is 68.8 Å². The SMILES string of the molecule is C[Si](C)(C)/C=C(\c1cccs1)[Si](C)(C)c1cccc2cccnc12. The normalized spacial score (nSPS) is 13.5. The van der Waals surface area contributed by atoms with Crippen LogP contribution in [0, 0.1) is 0 Å². The van der Waals surface area contributed by atoms with Crippen LogP contribution in [0.25, 0.3) is 16.1 Å². The molecule has 0 aliphatic heterocycles. The summed E-state index contributed by atoms with van der Waals surface area (Å²) in [6.45, 7) is 12.2. The Balaban J connectivity index is 2.24. The summed E-state index contributed by atoms with van der Waals surface area (Å²) in [7, 11) is -3.17. The van der Waals surface area contributed by atoms with Gasteiger partial charge in [-0.05, 0) is 27.9 Å². The molecule has 0 fully saturated rings. The highest BCUT2D eigenvalue weighted by Gasteiger charge is 2.33. The molecule has 2 aromatic heterocycles. The van der Waals surface area contributed by atoms with Crippen LogP contribution in [-0.4, -0.2) is 21.1 Å². The molecule has 0 spiro atoms. The van der Waals surface area contributed by atoms with Crippen LogP contribution in [0.2, 0.25) is 32.7 Å². The molecular weight excluding hydrogens is 342 g/mol. The smallest absolute Gasteiger partial charge is 0.115 e. The Labute approximate surface area is 151 Å². The lowest BCUT2D eigenvalue weighted by Crippen LogP contribution is -2.44. The second-order valence-electron chi connectivity index (χ2n) is 7.91. The van der Waals surface area contributed by atoms with E-state index >= 15 is 0 Å². The fraction of sp³-hybridized carbons (Fsp3) is 0.250. The highest BCUT2D eigenvalue weighted by Crippen LogP contribution is 2.32. The second kappa shape index (κ2) is 6.43. The number of fused-ring (bicyclic) bond motifs is 1. The van der Waals surface area contributed by atoms with E-state index < -0.39 is 16.1 Å². The molecule has 0 saturated carbocycles. The molecule has 0 amide bonds. The van der Waals surface area contributed by atoms with Gasteiger partial charge in [0.25, 0.3) is 0 Å². The van der Waals surface area contributed by atoms with Crippen LogP contribution in [-0.2, 0) is 0 Å². The largest absolute Gasteiger partial charge is 0.256 e. The molecule has 24 heavy (non-hydrogen) atoms. The number of para-hydroxylation sites is 1. The summed E-state index contributed by atoms with van der Waals surface area (Å²) in [4.78, 5) is 6.16. The molecule has 0 unspecified atom stereocenters. The number of hydrogen-bond donors (Lipinski definition) is 0. The lowest BCUT2D eigenvalue weighted by molar-refractivity contribution is 1.42. The summed E-state index contributed by atoms with van der Waals surface area (Å²) in [5.74, 6) is 0. The summed E-state index contributed by atoms with van der Waals surface area (Å²) < 4.78 is 0. The predicted octanol–water partition coefficient (Wildman–Crippen LogP) is 5.71. The Bertz CT molecular complexity index is 869. The van der Waals surface area contributed by atoms with Crippen molar-refractivity contribution >= 4 is 48.8 Å². The summed E-state index contributed by atoms with van der Waals surface area (Å²) in [5.41, 5.74) is 3.79. The Kier molecular flexibility index (Phi) is 4.64. The first kappa shape index (κ1) is 17.3. The zero-order valence-electron chi connectivity index (χ0n) is 15.1. The van der Waals surface area contributed by atoms with Gasteiger partial charge < -0.3 is 0 Å². The third-order valence-corrected chi connectivity index (χ3v) is 10.4. The van der Waals surface area contributed by atoms with Crippen LogP contribution in [0.3, 0.4) is 0 Å². The highest BCUT2D eigenvalue weighted by atomic mass is 32.1. The Morgan fingerprint density at radius 1 is 0.958 bits per heavy atom. The Morgan fingerprint density at radius 3 is 2.38 bits per heavy atom. The number of aromatic nitrogens is 1. The molecule has 0 atom stereocenters. The van der Waals surface area contributed by atoms with Crippen LogP contribution in [0.4, 0.5) is 0 Å². The maximum atomic E-state index is 4.73. The molecule has 124 valence electrons. The lowest BCUT2D eigenvalue weighted by atomic mass is 10.2. The number of hydrogen-bond acceptors (Lipinski definition) is 2. The van der Waals surface area contributed by atoms with Crippen molar-refractivity contribution in [2.75, 3.05) is 0 Å². The van der Waals surface area contributed by atoms with Gasteiger partial charge in [0.1, 0.15) is 8.07 Å². The van der Waals surface area contributed by atoms with E-state index in [1.807, 2.05) is 23.6 Å². The molecule has 1 nitrogen and oxygen atoms in total. The van der Waals surface area contributed by atoms with Crippen LogP contribution >= 0.6 is 11.3 Å². The van der Waals surface area contributed by atoms with Crippen LogP contribution in [0.15, 0.2) is 59.7 Å². The molecule has 4 heteroatoms. The monoisotopic (exact) mass is 367 g/mol. The topological polar surface area (TPSA) is 12.9 Å². The van der Waals surface area contributed by atoms with Crippen molar-refractivity contribution in [2.45, 2.75) is 32.7 Å². The van der Waals surface area contributed by atoms with Gasteiger partial charge in [-0.15, -0.1) is 11.3 Å². The van der Waals surface area contributed by atoms with E-state index in [0.717, 1.165) is 0 Å². The summed E-state index contributed by atoms with van der Waals surface area (Å²) >= 11 is 1.87. The first-order chi connectivity index (χ1) is 11.3. The van der Waals surface area contributed by atoms with Gasteiger partial charge in [-0.3, -0.25) is 4.98 Å². The van der Waals surface area contributed by atoms with E-state index in [4.69, 9.17) is 4.98 Å². The number of nitrogens with zero attached hydrogens (tertiary/aromatic N) is 1. The lowest BCUT2D eigenvalue weighted by Gasteiger charge is -2.29. The van der Waals surface area contributed by atoms with E-state index in [0.29, 0.717) is 0 Å². The number of rotatable bonds is 4. The van der Waals surface area contributed by atoms with Crippen molar-refractivity contribution in [1.29, 1.82) is 0 Å². The summed E-state index contributed by atoms with van der Waals surface area (Å²) in [6, 6.07) is 15.3. The van der Waals surface area contributed by atoms with Crippen LogP contribution in [0.1, 0.15) is 4.88 Å². The first-order valence-electron chi connectivity index (χ1n) is 8.40. The quantitative estimate of drug-likeness (QED) is 0.538. The van der Waals surface area contributed by atoms with E-state index in [1.54, 1.807) is 5.20 Å². The molecule has 0 aliphatic rings. The third-order valence-electron chi connectivity index (χ3n) is 4.34. The van der Waals surface area contributed by atoms with Crippen molar-refractivity contribution in [1.82, 2.24) is 4.98 Å². The zero-order chi connectivity index (χ0) is 17.4. The fourth-order valence-electron chi connectivity index (χ4n) is 3.18. The van der Waals surface area contributed by atoms with Crippen LogP contribution < -0.4 is 5.19 Å². The molecule has 1 aromatic carbocycles. The Morgan fingerprint density at radius 2 is 1.71 bits per heavy atom. The predicted molar refractivity (Wildman–Crippen MR) is 115 cm³/mol. The maximum Gasteiger partial charge on any atom is 0.115 e. The van der Waals surface area contributed by atoms with Gasteiger partial charge >= 0.3 is 0 Å². The molecule has 0 N–H and O–H groups in total. The Hall–Kier alpha value is -1.50. The van der Waals surface area contributed by atoms with Gasteiger partial charge in [0.05, 0.1) is 13.6 Å². The molecule has 0 aliphatic carbocycles. The number of thiophene rings is 1. The van der Waals surface area contributed by atoms with Gasteiger partial charge in [-0.25, -0.2) is 0 Å². The van der Waals surface area contributed by atoms with Crippen molar-refractivity contribution in [3.05, 3.63) is 64.6 Å². The van der Waals surface area contributed by atoms with Crippen LogP contribution in [0.5, 0.6) is 0 Å². The highest BCUT2D eigenvalue weighted by molar-refractivity contribution is 7.17. The van der Waals surface area contributed by atoms with Gasteiger partial charge in [0, 0.05) is 16.5 Å². The fourth-order valence-corrected chi connectivity index (χ4v) is 10.9. The van der Waals surface area contributed by atoms with E-state index in [2.05, 4.69) is 80.2 Å². The van der Waals surface area contributed by atoms with Gasteiger partial charge in [0.15, 0.2) is 0 Å². The maximum absolute atomic E-state index is 4.73. The average molecular weight is 368 g/mol. The standard InChI is InChI=1S/C20H25NSSi2/c1-23(2,3)15-19(17-11-8-14-22-17)24(4,5)18-12-6-9-16-10-7-13-21-20(16)18/h6-15H,1-5H3/b19-15+.